The molecule has 0 aliphatic heterocycles. The van der Waals surface area contributed by atoms with Crippen molar-refractivity contribution in [1.82, 2.24) is 77.6 Å². The number of para-hydroxylation sites is 1. The van der Waals surface area contributed by atoms with Gasteiger partial charge in [0.05, 0.1) is 169 Å². The van der Waals surface area contributed by atoms with E-state index in [9.17, 15) is 46.6 Å². The number of alkyl halides is 3. The number of hydrogen-bond donors (Lipinski definition) is 12. The van der Waals surface area contributed by atoms with Crippen molar-refractivity contribution in [3.8, 4) is 40.2 Å². The van der Waals surface area contributed by atoms with Crippen molar-refractivity contribution in [3.05, 3.63) is 319 Å². The summed E-state index contributed by atoms with van der Waals surface area (Å²) >= 11 is 0. The van der Waals surface area contributed by atoms with Gasteiger partial charge in [0.25, 0.3) is 29.5 Å². The summed E-state index contributed by atoms with van der Waals surface area (Å²) in [6.45, 7) is -0.314. The molecule has 20 rings (SSSR count). The van der Waals surface area contributed by atoms with Crippen LogP contribution >= 0.6 is 0 Å². The lowest BCUT2D eigenvalue weighted by Crippen LogP contribution is -2.30. The Bertz CT molecular complexity index is 7230. The molecule has 5 aromatic heterocycles. The molecule has 5 heterocycles. The second kappa shape index (κ2) is 45.1. The number of aliphatic hydroxyl groups excluding tert-OH is 2. The molecule has 29 nitrogen and oxygen atoms in total. The number of carbonyl (C=O) groups excluding carboxylic acids is 5. The predicted octanol–water partition coefficient (Wildman–Crippen LogP) is 19.4. The number of rotatable bonds is 30. The van der Waals surface area contributed by atoms with Crippen LogP contribution in [0, 0.1) is 5.82 Å². The standard InChI is InChI=1S/C25H19F4N3O2.4C21H21N3O3/c26-20-13-17(24(34)30-22(14-33)16-4-2-1-3-5-16)12-19-21(31-32-23(19)20)11-8-15-6-9-18(10-7-15)25(27,28)29;1-26-15-8-3-13(4-9-15)5-11-17-19-18(24-23-17)12-10-16(20(19)27-2)21(25)22-14-6-7-14;1-26-15-5-3-4-13(12-15)6-10-17-19-18(24-23-17)11-9-16(20(19)27-2)21(25)22-14-7-8-14;1-26-18-6-4-3-5-13(18)7-11-16-19-17(24-23-16)12-10-15(20(19)27-2)21(25)22-14-8-9-14;1-27-20-16(21(26)22-15-7-8-15)9-11-18-19(20)17(23-24-18)10-6-13-2-4-14(12-25)5-3-13/h1-13,22,33H,14H2,(H,30,34)(H,31,32);3-5,8-12,14H,6-7H2,1-2H3,(H,22,25)(H,23,24);3-6,9-12,14H,7-8H2,1-2H3,(H,22,25)(H,23,24);3-7,10-12,14H,8-9H2,1-2H3,(H,22,25)(H,23,24);2-6,9-11,15,25H,7-8,12H2,1H3,(H,22,26)(H,23,24)/b11-8+;11-5+;10-6+;11-7+;10-6+/t22-;;;;/m1..../s1. The van der Waals surface area contributed by atoms with E-state index in [1.807, 2.05) is 176 Å². The fraction of sp³-hybridized carbons (Fsp3) is 0.211. The number of ether oxygens (including phenoxy) is 7. The average Bonchev–Trinajstić information content (AvgIpc) is 1.64. The second-order valence-corrected chi connectivity index (χ2v) is 33.8. The number of carbonyl (C=O) groups is 5. The van der Waals surface area contributed by atoms with Crippen molar-refractivity contribution in [1.29, 1.82) is 0 Å². The number of nitrogens with zero attached hydrogens (tertiary/aromatic N) is 5. The van der Waals surface area contributed by atoms with Crippen LogP contribution in [0.4, 0.5) is 17.6 Å². The average molecular weight is 1920 g/mol. The molecule has 4 aliphatic carbocycles. The first-order chi connectivity index (χ1) is 69.0. The first-order valence-corrected chi connectivity index (χ1v) is 45.8. The van der Waals surface area contributed by atoms with Gasteiger partial charge in [0.2, 0.25) is 0 Å². The van der Waals surface area contributed by atoms with Crippen molar-refractivity contribution in [2.75, 3.05) is 56.4 Å². The Hall–Kier alpha value is -16.9. The highest BCUT2D eigenvalue weighted by atomic mass is 19.4. The number of aromatic nitrogens is 10. The van der Waals surface area contributed by atoms with Crippen molar-refractivity contribution >= 4 is 145 Å². The fourth-order valence-electron chi connectivity index (χ4n) is 15.6. The molecule has 4 aliphatic rings. The summed E-state index contributed by atoms with van der Waals surface area (Å²) in [4.78, 5) is 63.0. The van der Waals surface area contributed by atoms with Gasteiger partial charge in [-0.3, -0.25) is 49.5 Å². The van der Waals surface area contributed by atoms with Gasteiger partial charge in [0.1, 0.15) is 45.8 Å². The maximum absolute atomic E-state index is 14.6. The zero-order valence-corrected chi connectivity index (χ0v) is 78.5. The number of methoxy groups -OCH3 is 7. The van der Waals surface area contributed by atoms with Crippen LogP contribution in [-0.2, 0) is 12.8 Å². The van der Waals surface area contributed by atoms with Crippen LogP contribution in [0.15, 0.2) is 212 Å². The molecule has 0 radical (unpaired) electrons. The molecule has 5 amide bonds. The maximum Gasteiger partial charge on any atom is 0.416 e. The smallest absolute Gasteiger partial charge is 0.416 e. The number of amides is 5. The molecule has 12 N–H and O–H groups in total. The fourth-order valence-corrected chi connectivity index (χ4v) is 15.6. The minimum Gasteiger partial charge on any atom is -0.497 e. The first kappa shape index (κ1) is 98.1. The Kier molecular flexibility index (Phi) is 31.2. The van der Waals surface area contributed by atoms with Gasteiger partial charge < -0.3 is 70.0 Å². The number of nitrogens with one attached hydrogen (secondary N) is 10. The number of H-pyrrole nitrogens is 5. The summed E-state index contributed by atoms with van der Waals surface area (Å²) in [7, 11) is 11.2. The molecule has 4 saturated carbocycles. The Morgan fingerprint density at radius 1 is 0.380 bits per heavy atom. The number of aromatic amines is 5. The molecular formula is C109H103F4N15O14. The Balaban J connectivity index is 0.000000128. The Morgan fingerprint density at radius 2 is 0.768 bits per heavy atom. The van der Waals surface area contributed by atoms with Crippen LogP contribution in [0.5, 0.6) is 40.2 Å². The molecule has 4 fully saturated rings. The molecule has 0 unspecified atom stereocenters. The molecule has 11 aromatic carbocycles. The van der Waals surface area contributed by atoms with E-state index in [0.29, 0.717) is 67.5 Å². The largest absolute Gasteiger partial charge is 0.497 e. The summed E-state index contributed by atoms with van der Waals surface area (Å²) in [5, 5.41) is 73.0. The number of fused-ring (bicyclic) bond motifs is 5. The van der Waals surface area contributed by atoms with E-state index in [1.165, 1.54) is 18.2 Å². The quantitative estimate of drug-likeness (QED) is 0.0186. The van der Waals surface area contributed by atoms with Gasteiger partial charge in [-0.15, -0.1) is 0 Å². The van der Waals surface area contributed by atoms with Crippen molar-refractivity contribution in [2.24, 2.45) is 0 Å². The van der Waals surface area contributed by atoms with Crippen molar-refractivity contribution in [3.63, 3.8) is 0 Å². The van der Waals surface area contributed by atoms with E-state index in [2.05, 4.69) is 77.6 Å². The summed E-state index contributed by atoms with van der Waals surface area (Å²) in [5.74, 6) is 2.76. The molecule has 0 bridgehead atoms. The highest BCUT2D eigenvalue weighted by Gasteiger charge is 2.33. The van der Waals surface area contributed by atoms with Crippen molar-refractivity contribution < 1.29 is 84.9 Å². The van der Waals surface area contributed by atoms with Gasteiger partial charge in [-0.2, -0.15) is 38.7 Å². The summed E-state index contributed by atoms with van der Waals surface area (Å²) in [5.41, 5.74) is 13.9. The van der Waals surface area contributed by atoms with Gasteiger partial charge in [-0.25, -0.2) is 4.39 Å². The van der Waals surface area contributed by atoms with E-state index in [-0.39, 0.29) is 72.1 Å². The number of benzene rings is 11. The number of halogens is 4. The van der Waals surface area contributed by atoms with E-state index in [4.69, 9.17) is 38.3 Å². The van der Waals surface area contributed by atoms with Crippen LogP contribution in [0.3, 0.4) is 0 Å². The highest BCUT2D eigenvalue weighted by molar-refractivity contribution is 6.10. The summed E-state index contributed by atoms with van der Waals surface area (Å²) < 4.78 is 91.0. The topological polar surface area (TPSA) is 394 Å². The molecule has 142 heavy (non-hydrogen) atoms. The predicted molar refractivity (Wildman–Crippen MR) is 540 cm³/mol. The third kappa shape index (κ3) is 24.1. The van der Waals surface area contributed by atoms with E-state index < -0.39 is 29.5 Å². The zero-order chi connectivity index (χ0) is 99.5. The van der Waals surface area contributed by atoms with Crippen LogP contribution < -0.4 is 59.7 Å². The van der Waals surface area contributed by atoms with Gasteiger partial charge in [0.15, 0.2) is 5.82 Å². The van der Waals surface area contributed by atoms with Crippen LogP contribution in [0.1, 0.15) is 182 Å². The molecular weight excluding hydrogens is 1820 g/mol. The van der Waals surface area contributed by atoms with E-state index in [0.717, 1.165) is 181 Å². The Morgan fingerprint density at radius 3 is 1.16 bits per heavy atom. The zero-order valence-electron chi connectivity index (χ0n) is 78.5. The minimum atomic E-state index is -4.42. The highest BCUT2D eigenvalue weighted by Crippen LogP contribution is 2.40. The first-order valence-electron chi connectivity index (χ1n) is 45.8. The second-order valence-electron chi connectivity index (χ2n) is 33.8. The Labute approximate surface area is 812 Å². The molecule has 0 spiro atoms. The van der Waals surface area contributed by atoms with Gasteiger partial charge in [-0.1, -0.05) is 133 Å². The van der Waals surface area contributed by atoms with Gasteiger partial charge >= 0.3 is 6.18 Å². The van der Waals surface area contributed by atoms with E-state index >= 15 is 0 Å². The molecule has 0 saturated heterocycles. The summed E-state index contributed by atoms with van der Waals surface area (Å²) in [6, 6.07) is 61.7. The molecule has 726 valence electrons. The minimum absolute atomic E-state index is 0.0189. The van der Waals surface area contributed by atoms with Crippen LogP contribution in [-0.4, -0.2) is 171 Å². The third-order valence-corrected chi connectivity index (χ3v) is 23.8. The monoisotopic (exact) mass is 1920 g/mol. The molecule has 33 heteroatoms. The normalized spacial score (nSPS) is 13.6. The number of aliphatic hydroxyl groups is 2. The third-order valence-electron chi connectivity index (χ3n) is 23.8. The molecule has 16 aromatic rings. The van der Waals surface area contributed by atoms with Gasteiger partial charge in [0, 0.05) is 40.7 Å². The SMILES string of the molecule is COc1c(C(=O)NC2CC2)ccc2n[nH]c(/C=C/c3ccc(CO)cc3)c12.COc1ccc(/C=C/c2[nH]nc3ccc(C(=O)NC4CC4)c(OC)c23)cc1.COc1cccc(/C=C/c2[nH]nc3ccc(C(=O)NC4CC4)c(OC)c23)c1.COc1ccccc1/C=C/c1[nH]nc2ccc(C(=O)NC3CC3)c(OC)c12.O=C(N[C@H](CO)c1ccccc1)c1cc(F)c2n[nH]c(/C=C/c3ccc(C(F)(F)F)cc3)c2c1. The van der Waals surface area contributed by atoms with Crippen LogP contribution in [0.25, 0.3) is 115 Å². The maximum atomic E-state index is 14.6. The van der Waals surface area contributed by atoms with E-state index in [1.54, 1.807) is 110 Å². The van der Waals surface area contributed by atoms with Gasteiger partial charge in [-0.05, 0) is 224 Å². The lowest BCUT2D eigenvalue weighted by Gasteiger charge is -2.16. The van der Waals surface area contributed by atoms with Crippen LogP contribution in [0.2, 0.25) is 0 Å². The lowest BCUT2D eigenvalue weighted by atomic mass is 10.1. The van der Waals surface area contributed by atoms with Crippen molar-refractivity contribution in [2.45, 2.75) is 94.4 Å². The summed E-state index contributed by atoms with van der Waals surface area (Å²) in [6.07, 6.45) is 22.5. The lowest BCUT2D eigenvalue weighted by molar-refractivity contribution is -0.137. The molecule has 1 atom stereocenters. The number of hydrogen-bond acceptors (Lipinski definition) is 19.